The van der Waals surface area contributed by atoms with Gasteiger partial charge >= 0.3 is 0 Å². The number of para-hydroxylation sites is 1. The second-order valence-corrected chi connectivity index (χ2v) is 14.3. The predicted molar refractivity (Wildman–Crippen MR) is 158 cm³/mol. The molecule has 5 rings (SSSR count). The highest BCUT2D eigenvalue weighted by atomic mass is 32.2. The largest absolute Gasteiger partial charge is 0.382 e. The molecule has 0 unspecified atom stereocenters. The monoisotopic (exact) mass is 631 g/mol. The molecule has 0 atom stereocenters. The molecule has 1 amide bonds. The smallest absolute Gasteiger partial charge is 0.265 e. The summed E-state index contributed by atoms with van der Waals surface area (Å²) in [6.45, 7) is 0.273. The first kappa shape index (κ1) is 30.6. The number of aromatic nitrogens is 5. The molecule has 3 aromatic heterocycles. The average Bonchev–Trinajstić information content (AvgIpc) is 3.60. The van der Waals surface area contributed by atoms with E-state index in [-0.39, 0.29) is 55.3 Å². The maximum absolute atomic E-state index is 13.1. The molecule has 0 bridgehead atoms. The van der Waals surface area contributed by atoms with Crippen LogP contribution in [0.4, 0.5) is 5.82 Å². The third-order valence-corrected chi connectivity index (χ3v) is 9.20. The minimum atomic E-state index is -3.85. The standard InChI is InChI=1S/C27H33N7O7S2/c1-40-13-14-41-27(26(35)32-43(3,38)39)11-9-18(10-12-27)22-23(42(2,36)37)24(28)34-25(31-22)21(16-30-34)19-15-29-33(17-19)20-7-5-4-6-8-20/h4-8,15-18H,9-14,28H2,1-3H3,(H,32,35). The normalized spacial score (nSPS) is 19.5. The van der Waals surface area contributed by atoms with Crippen molar-refractivity contribution in [2.75, 3.05) is 38.6 Å². The number of methoxy groups -OCH3 is 1. The molecule has 3 N–H and O–H groups in total. The maximum Gasteiger partial charge on any atom is 0.265 e. The van der Waals surface area contributed by atoms with E-state index in [4.69, 9.17) is 20.2 Å². The molecule has 3 heterocycles. The SMILES string of the molecule is COCCOC1(C(=O)NS(C)(=O)=O)CCC(c2nc3c(-c4cnn(-c5ccccc5)c4)cnn3c(N)c2S(C)(=O)=O)CC1. The van der Waals surface area contributed by atoms with E-state index in [2.05, 4.69) is 10.2 Å². The number of nitrogens with two attached hydrogens (primary N) is 1. The fourth-order valence-electron chi connectivity index (χ4n) is 5.44. The number of ether oxygens (including phenoxy) is 2. The van der Waals surface area contributed by atoms with Crippen LogP contribution in [0.1, 0.15) is 37.3 Å². The van der Waals surface area contributed by atoms with Crippen LogP contribution >= 0.6 is 0 Å². The van der Waals surface area contributed by atoms with E-state index in [1.165, 1.54) is 11.6 Å². The van der Waals surface area contributed by atoms with Crippen molar-refractivity contribution >= 4 is 37.2 Å². The van der Waals surface area contributed by atoms with E-state index in [1.54, 1.807) is 17.1 Å². The van der Waals surface area contributed by atoms with Crippen LogP contribution in [0.15, 0.2) is 53.8 Å². The first-order chi connectivity index (χ1) is 20.3. The second-order valence-electron chi connectivity index (χ2n) is 10.6. The number of fused-ring (bicyclic) bond motifs is 1. The summed E-state index contributed by atoms with van der Waals surface area (Å²) in [5.41, 5.74) is 7.79. The van der Waals surface area contributed by atoms with Gasteiger partial charge in [0.15, 0.2) is 15.5 Å². The molecule has 1 fully saturated rings. The Morgan fingerprint density at radius 2 is 1.77 bits per heavy atom. The quantitative estimate of drug-likeness (QED) is 0.242. The Kier molecular flexibility index (Phi) is 8.30. The third kappa shape index (κ3) is 6.27. The van der Waals surface area contributed by atoms with Gasteiger partial charge in [-0.05, 0) is 37.8 Å². The molecule has 1 saturated carbocycles. The summed E-state index contributed by atoms with van der Waals surface area (Å²) in [4.78, 5) is 17.8. The van der Waals surface area contributed by atoms with Crippen molar-refractivity contribution in [3.05, 3.63) is 54.6 Å². The lowest BCUT2D eigenvalue weighted by Crippen LogP contribution is -2.52. The number of rotatable bonds is 10. The fourth-order valence-corrected chi connectivity index (χ4v) is 7.02. The summed E-state index contributed by atoms with van der Waals surface area (Å²) in [7, 11) is -6.20. The van der Waals surface area contributed by atoms with Gasteiger partial charge in [0, 0.05) is 36.6 Å². The minimum Gasteiger partial charge on any atom is -0.382 e. The van der Waals surface area contributed by atoms with Gasteiger partial charge in [-0.15, -0.1) is 0 Å². The van der Waals surface area contributed by atoms with E-state index < -0.39 is 37.3 Å². The number of sulfonamides is 1. The van der Waals surface area contributed by atoms with Crippen LogP contribution < -0.4 is 10.5 Å². The summed E-state index contributed by atoms with van der Waals surface area (Å²) < 4.78 is 65.7. The van der Waals surface area contributed by atoms with Crippen molar-refractivity contribution in [3.8, 4) is 16.8 Å². The van der Waals surface area contributed by atoms with Crippen molar-refractivity contribution in [1.29, 1.82) is 0 Å². The minimum absolute atomic E-state index is 0.0694. The second kappa shape index (κ2) is 11.7. The Morgan fingerprint density at radius 3 is 2.40 bits per heavy atom. The Hall–Kier alpha value is -3.86. The van der Waals surface area contributed by atoms with Crippen LogP contribution in [0, 0.1) is 0 Å². The molecule has 230 valence electrons. The number of nitrogen functional groups attached to an aromatic ring is 1. The van der Waals surface area contributed by atoms with Gasteiger partial charge in [0.2, 0.25) is 10.0 Å². The number of nitrogens with one attached hydrogen (secondary N) is 1. The Labute approximate surface area is 249 Å². The highest BCUT2D eigenvalue weighted by Crippen LogP contribution is 2.43. The topological polar surface area (TPSA) is 190 Å². The van der Waals surface area contributed by atoms with E-state index in [1.807, 2.05) is 41.3 Å². The zero-order chi connectivity index (χ0) is 31.0. The number of amides is 1. The average molecular weight is 632 g/mol. The molecular weight excluding hydrogens is 598 g/mol. The Balaban J connectivity index is 1.53. The van der Waals surface area contributed by atoms with Crippen LogP contribution in [0.3, 0.4) is 0 Å². The number of anilines is 1. The number of benzene rings is 1. The molecule has 1 aromatic carbocycles. The molecule has 0 spiro atoms. The zero-order valence-corrected chi connectivity index (χ0v) is 25.6. The third-order valence-electron chi connectivity index (χ3n) is 7.49. The predicted octanol–water partition coefficient (Wildman–Crippen LogP) is 1.70. The van der Waals surface area contributed by atoms with Crippen LogP contribution in [0.2, 0.25) is 0 Å². The summed E-state index contributed by atoms with van der Waals surface area (Å²) in [6.07, 6.45) is 7.81. The van der Waals surface area contributed by atoms with Gasteiger partial charge in [0.25, 0.3) is 5.91 Å². The Bertz CT molecular complexity index is 1860. The lowest BCUT2D eigenvalue weighted by Gasteiger charge is -2.38. The van der Waals surface area contributed by atoms with Crippen LogP contribution in [0.5, 0.6) is 0 Å². The number of carbonyl (C=O) groups excluding carboxylic acids is 1. The molecule has 1 aliphatic rings. The van der Waals surface area contributed by atoms with Gasteiger partial charge in [-0.2, -0.15) is 14.7 Å². The Morgan fingerprint density at radius 1 is 1.07 bits per heavy atom. The molecule has 0 radical (unpaired) electrons. The lowest BCUT2D eigenvalue weighted by molar-refractivity contribution is -0.152. The fraction of sp³-hybridized carbons (Fsp3) is 0.407. The summed E-state index contributed by atoms with van der Waals surface area (Å²) in [5, 5.41) is 8.80. The van der Waals surface area contributed by atoms with Crippen LogP contribution in [0.25, 0.3) is 22.5 Å². The van der Waals surface area contributed by atoms with Crippen molar-refractivity contribution in [2.45, 2.75) is 42.1 Å². The summed E-state index contributed by atoms with van der Waals surface area (Å²) >= 11 is 0. The summed E-state index contributed by atoms with van der Waals surface area (Å²) in [5.74, 6) is -1.27. The maximum atomic E-state index is 13.1. The first-order valence-electron chi connectivity index (χ1n) is 13.5. The number of hydrogen-bond donors (Lipinski definition) is 2. The molecule has 1 aliphatic carbocycles. The van der Waals surface area contributed by atoms with Crippen LogP contribution in [-0.4, -0.2) is 85.6 Å². The molecule has 0 saturated heterocycles. The molecule has 0 aliphatic heterocycles. The van der Waals surface area contributed by atoms with Crippen molar-refractivity contribution in [2.24, 2.45) is 0 Å². The molecule has 16 heteroatoms. The zero-order valence-electron chi connectivity index (χ0n) is 23.9. The molecule has 14 nitrogen and oxygen atoms in total. The van der Waals surface area contributed by atoms with Gasteiger partial charge in [0.05, 0.1) is 43.2 Å². The van der Waals surface area contributed by atoms with Gasteiger partial charge in [0.1, 0.15) is 16.3 Å². The van der Waals surface area contributed by atoms with Gasteiger partial charge in [-0.3, -0.25) is 9.52 Å². The first-order valence-corrected chi connectivity index (χ1v) is 17.2. The van der Waals surface area contributed by atoms with Crippen molar-refractivity contribution < 1.29 is 31.1 Å². The lowest BCUT2D eigenvalue weighted by atomic mass is 9.76. The van der Waals surface area contributed by atoms with E-state index in [9.17, 15) is 21.6 Å². The van der Waals surface area contributed by atoms with E-state index >= 15 is 0 Å². The van der Waals surface area contributed by atoms with Gasteiger partial charge in [-0.1, -0.05) is 18.2 Å². The molecular formula is C27H33N7O7S2. The number of hydrogen-bond acceptors (Lipinski definition) is 11. The molecule has 4 aromatic rings. The van der Waals surface area contributed by atoms with E-state index in [0.29, 0.717) is 16.8 Å². The highest BCUT2D eigenvalue weighted by Gasteiger charge is 2.45. The van der Waals surface area contributed by atoms with E-state index in [0.717, 1.165) is 18.2 Å². The number of carbonyl (C=O) groups is 1. The van der Waals surface area contributed by atoms with Gasteiger partial charge < -0.3 is 15.2 Å². The van der Waals surface area contributed by atoms with Crippen molar-refractivity contribution in [3.63, 3.8) is 0 Å². The van der Waals surface area contributed by atoms with Gasteiger partial charge in [-0.25, -0.2) is 26.5 Å². The number of sulfone groups is 1. The molecule has 43 heavy (non-hydrogen) atoms. The summed E-state index contributed by atoms with van der Waals surface area (Å²) in [6, 6.07) is 9.54. The number of nitrogens with zero attached hydrogens (tertiary/aromatic N) is 5. The van der Waals surface area contributed by atoms with Crippen LogP contribution in [-0.2, 0) is 34.1 Å². The van der Waals surface area contributed by atoms with Crippen molar-refractivity contribution in [1.82, 2.24) is 29.1 Å². The highest BCUT2D eigenvalue weighted by molar-refractivity contribution is 7.91.